The van der Waals surface area contributed by atoms with E-state index in [4.69, 9.17) is 29.6 Å². The van der Waals surface area contributed by atoms with Crippen LogP contribution in [0.15, 0.2) is 18.2 Å². The third kappa shape index (κ3) is 3.58. The van der Waals surface area contributed by atoms with Gasteiger partial charge in [-0.15, -0.1) is 0 Å². The quantitative estimate of drug-likeness (QED) is 0.852. The minimum atomic E-state index is -0.00800. The molecule has 1 rings (SSSR count). The molecule has 0 aliphatic heterocycles. The molecule has 4 nitrogen and oxygen atoms in total. The summed E-state index contributed by atoms with van der Waals surface area (Å²) in [7, 11) is 5.22. The first-order valence-corrected chi connectivity index (χ1v) is 6.12. The number of nitrogens with two attached hydrogens (primary N) is 1. The minimum absolute atomic E-state index is 0.00800. The van der Waals surface area contributed by atoms with E-state index in [0.29, 0.717) is 10.6 Å². The van der Waals surface area contributed by atoms with Crippen LogP contribution in [0.4, 0.5) is 5.69 Å². The van der Waals surface area contributed by atoms with Gasteiger partial charge in [0.1, 0.15) is 4.99 Å². The average molecular weight is 286 g/mol. The maximum absolute atomic E-state index is 11.7. The molecule has 0 bridgehead atoms. The first-order valence-electron chi connectivity index (χ1n) is 5.33. The molecule has 0 heterocycles. The molecule has 1 aromatic carbocycles. The number of carbonyl (C=O) groups is 1. The summed E-state index contributed by atoms with van der Waals surface area (Å²) >= 11 is 10.9. The summed E-state index contributed by atoms with van der Waals surface area (Å²) in [6.07, 6.45) is 0. The molecule has 0 atom stereocenters. The van der Waals surface area contributed by atoms with Gasteiger partial charge in [0.15, 0.2) is 0 Å². The Morgan fingerprint density at radius 3 is 2.50 bits per heavy atom. The molecule has 1 aromatic rings. The fourth-order valence-electron chi connectivity index (χ4n) is 1.46. The topological polar surface area (TPSA) is 49.6 Å². The Labute approximate surface area is 117 Å². The van der Waals surface area contributed by atoms with Crippen LogP contribution in [0.2, 0.25) is 5.02 Å². The second-order valence-corrected chi connectivity index (χ2v) is 5.05. The fraction of sp³-hybridized carbons (Fsp3) is 0.333. The number of hydrogen-bond donors (Lipinski definition) is 1. The maximum atomic E-state index is 11.7. The lowest BCUT2D eigenvalue weighted by Gasteiger charge is -2.23. The molecule has 98 valence electrons. The van der Waals surface area contributed by atoms with Gasteiger partial charge < -0.3 is 15.5 Å². The fourth-order valence-corrected chi connectivity index (χ4v) is 1.80. The van der Waals surface area contributed by atoms with E-state index in [9.17, 15) is 4.79 Å². The Morgan fingerprint density at radius 1 is 1.39 bits per heavy atom. The zero-order valence-electron chi connectivity index (χ0n) is 10.6. The molecule has 0 aromatic heterocycles. The van der Waals surface area contributed by atoms with Crippen molar-refractivity contribution < 1.29 is 4.79 Å². The lowest BCUT2D eigenvalue weighted by Crippen LogP contribution is -2.35. The van der Waals surface area contributed by atoms with Gasteiger partial charge in [-0.25, -0.2) is 0 Å². The molecule has 1 amide bonds. The van der Waals surface area contributed by atoms with Gasteiger partial charge in [0.2, 0.25) is 5.91 Å². The van der Waals surface area contributed by atoms with Crippen molar-refractivity contribution in [2.75, 3.05) is 32.6 Å². The summed E-state index contributed by atoms with van der Waals surface area (Å²) < 4.78 is 0. The number of halogens is 1. The van der Waals surface area contributed by atoms with Crippen LogP contribution >= 0.6 is 23.8 Å². The third-order valence-corrected chi connectivity index (χ3v) is 2.96. The monoisotopic (exact) mass is 285 g/mol. The van der Waals surface area contributed by atoms with E-state index in [1.54, 1.807) is 44.2 Å². The number of hydrogen-bond acceptors (Lipinski definition) is 3. The molecule has 0 unspecified atom stereocenters. The smallest absolute Gasteiger partial charge is 0.241 e. The van der Waals surface area contributed by atoms with Crippen LogP contribution < -0.4 is 10.6 Å². The van der Waals surface area contributed by atoms with Crippen molar-refractivity contribution in [1.82, 2.24) is 4.90 Å². The van der Waals surface area contributed by atoms with Gasteiger partial charge in [-0.2, -0.15) is 0 Å². The van der Waals surface area contributed by atoms with E-state index in [1.165, 1.54) is 4.90 Å². The molecule has 0 saturated carbocycles. The normalized spacial score (nSPS) is 10.0. The Balaban J connectivity index is 3.04. The average Bonchev–Trinajstić information content (AvgIpc) is 2.28. The largest absolute Gasteiger partial charge is 0.389 e. The Hall–Kier alpha value is -1.33. The standard InChI is InChI=1S/C12H16ClN3OS/c1-15(2)11(17)7-16(3)10-6-8(13)4-5-9(10)12(14)18/h4-6H,7H2,1-3H3,(H2,14,18). The van der Waals surface area contributed by atoms with E-state index in [0.717, 1.165) is 5.69 Å². The zero-order chi connectivity index (χ0) is 13.9. The van der Waals surface area contributed by atoms with Crippen molar-refractivity contribution in [2.24, 2.45) is 5.73 Å². The minimum Gasteiger partial charge on any atom is -0.389 e. The van der Waals surface area contributed by atoms with Crippen LogP contribution in [0.25, 0.3) is 0 Å². The van der Waals surface area contributed by atoms with Crippen LogP contribution in [0.1, 0.15) is 5.56 Å². The van der Waals surface area contributed by atoms with Gasteiger partial charge in [0.05, 0.1) is 6.54 Å². The van der Waals surface area contributed by atoms with Crippen LogP contribution in [0.5, 0.6) is 0 Å². The number of thiocarbonyl (C=S) groups is 1. The highest BCUT2D eigenvalue weighted by molar-refractivity contribution is 7.80. The van der Waals surface area contributed by atoms with Crippen molar-refractivity contribution in [2.45, 2.75) is 0 Å². The highest BCUT2D eigenvalue weighted by Crippen LogP contribution is 2.24. The van der Waals surface area contributed by atoms with Gasteiger partial charge in [0, 0.05) is 37.4 Å². The van der Waals surface area contributed by atoms with Crippen LogP contribution in [0, 0.1) is 0 Å². The second kappa shape index (κ2) is 6.02. The number of likely N-dealkylation sites (N-methyl/N-ethyl adjacent to an activating group) is 2. The number of carbonyl (C=O) groups excluding carboxylic acids is 1. The molecule has 0 aliphatic carbocycles. The highest BCUT2D eigenvalue weighted by Gasteiger charge is 2.14. The number of nitrogens with zero attached hydrogens (tertiary/aromatic N) is 2. The zero-order valence-corrected chi connectivity index (χ0v) is 12.2. The van der Waals surface area contributed by atoms with Gasteiger partial charge in [0.25, 0.3) is 0 Å². The van der Waals surface area contributed by atoms with Crippen molar-refractivity contribution in [1.29, 1.82) is 0 Å². The Bertz CT molecular complexity index is 476. The van der Waals surface area contributed by atoms with Gasteiger partial charge in [-0.05, 0) is 18.2 Å². The summed E-state index contributed by atoms with van der Waals surface area (Å²) in [5, 5.41) is 0.578. The van der Waals surface area contributed by atoms with E-state index in [2.05, 4.69) is 0 Å². The summed E-state index contributed by atoms with van der Waals surface area (Å²) in [5.41, 5.74) is 7.13. The first kappa shape index (κ1) is 14.7. The lowest BCUT2D eigenvalue weighted by molar-refractivity contribution is -0.127. The van der Waals surface area contributed by atoms with Crippen LogP contribution in [-0.2, 0) is 4.79 Å². The van der Waals surface area contributed by atoms with Crippen LogP contribution in [0.3, 0.4) is 0 Å². The first-order chi connectivity index (χ1) is 8.32. The van der Waals surface area contributed by atoms with E-state index >= 15 is 0 Å². The molecule has 0 radical (unpaired) electrons. The van der Waals surface area contributed by atoms with Gasteiger partial charge in [-0.1, -0.05) is 23.8 Å². The molecule has 0 saturated heterocycles. The molecule has 0 spiro atoms. The molecule has 0 aliphatic rings. The van der Waals surface area contributed by atoms with Crippen molar-refractivity contribution in [3.05, 3.63) is 28.8 Å². The van der Waals surface area contributed by atoms with Gasteiger partial charge in [-0.3, -0.25) is 4.79 Å². The second-order valence-electron chi connectivity index (χ2n) is 4.17. The predicted molar refractivity (Wildman–Crippen MR) is 79.3 cm³/mol. The molecular formula is C12H16ClN3OS. The van der Waals surface area contributed by atoms with E-state index in [1.807, 2.05) is 0 Å². The van der Waals surface area contributed by atoms with Crippen LogP contribution in [-0.4, -0.2) is 43.5 Å². The molecule has 2 N–H and O–H groups in total. The molecule has 6 heteroatoms. The van der Waals surface area contributed by atoms with Gasteiger partial charge >= 0.3 is 0 Å². The Kier molecular flexibility index (Phi) is 4.93. The summed E-state index contributed by atoms with van der Waals surface area (Å²) in [6, 6.07) is 5.23. The SMILES string of the molecule is CN(C)C(=O)CN(C)c1cc(Cl)ccc1C(N)=S. The number of rotatable bonds is 4. The van der Waals surface area contributed by atoms with Crippen molar-refractivity contribution >= 4 is 40.4 Å². The number of benzene rings is 1. The van der Waals surface area contributed by atoms with Crippen molar-refractivity contribution in [3.8, 4) is 0 Å². The summed E-state index contributed by atoms with van der Waals surface area (Å²) in [4.78, 5) is 15.3. The van der Waals surface area contributed by atoms with Crippen molar-refractivity contribution in [3.63, 3.8) is 0 Å². The summed E-state index contributed by atoms with van der Waals surface area (Å²) in [5.74, 6) is -0.00800. The number of amides is 1. The molecular weight excluding hydrogens is 270 g/mol. The highest BCUT2D eigenvalue weighted by atomic mass is 35.5. The molecule has 0 fully saturated rings. The summed E-state index contributed by atoms with van der Waals surface area (Å²) in [6.45, 7) is 0.239. The number of anilines is 1. The predicted octanol–water partition coefficient (Wildman–Crippen LogP) is 1.50. The maximum Gasteiger partial charge on any atom is 0.241 e. The third-order valence-electron chi connectivity index (χ3n) is 2.51. The lowest BCUT2D eigenvalue weighted by atomic mass is 10.1. The van der Waals surface area contributed by atoms with E-state index in [-0.39, 0.29) is 17.4 Å². The molecule has 18 heavy (non-hydrogen) atoms. The van der Waals surface area contributed by atoms with E-state index < -0.39 is 0 Å². The Morgan fingerprint density at radius 2 is 2.00 bits per heavy atom.